The van der Waals surface area contributed by atoms with Crippen molar-refractivity contribution in [3.8, 4) is 0 Å². The van der Waals surface area contributed by atoms with Crippen molar-refractivity contribution >= 4 is 87.9 Å². The van der Waals surface area contributed by atoms with Crippen molar-refractivity contribution in [1.29, 1.82) is 0 Å². The number of ether oxygens (including phenoxy) is 3. The van der Waals surface area contributed by atoms with Crippen LogP contribution in [0.3, 0.4) is 0 Å². The molecule has 0 unspecified atom stereocenters. The number of hydrogen-bond acceptors (Lipinski definition) is 8. The molecule has 8 nitrogen and oxygen atoms in total. The molecule has 0 spiro atoms. The van der Waals surface area contributed by atoms with E-state index in [1.165, 1.54) is 0 Å². The van der Waals surface area contributed by atoms with Crippen LogP contribution in [0, 0.1) is 29.6 Å². The lowest BCUT2D eigenvalue weighted by atomic mass is 9.91. The summed E-state index contributed by atoms with van der Waals surface area (Å²) in [4.78, 5) is 45.7. The molecule has 372 valence electrons. The summed E-state index contributed by atoms with van der Waals surface area (Å²) in [6, 6.07) is 31.2. The van der Waals surface area contributed by atoms with Gasteiger partial charge in [0.05, 0.1) is 25.2 Å². The van der Waals surface area contributed by atoms with Crippen molar-refractivity contribution in [3.05, 3.63) is 114 Å². The second-order valence-corrected chi connectivity index (χ2v) is 20.4. The first-order chi connectivity index (χ1) is 30.9. The van der Waals surface area contributed by atoms with Gasteiger partial charge in [0.15, 0.2) is 0 Å². The molecule has 1 N–H and O–H groups in total. The number of likely N-dealkylation sites (N-methyl/N-ethyl adjacent to an activating group) is 1. The number of alkyl halides is 2. The van der Waals surface area contributed by atoms with E-state index in [0.717, 1.165) is 45.9 Å². The van der Waals surface area contributed by atoms with E-state index in [0.29, 0.717) is 49.1 Å². The molecule has 0 saturated heterocycles. The highest BCUT2D eigenvalue weighted by Crippen LogP contribution is 2.46. The van der Waals surface area contributed by atoms with Gasteiger partial charge in [-0.25, -0.2) is 14.4 Å². The molecule has 3 rings (SSSR count). The Morgan fingerprint density at radius 3 is 1.12 bits per heavy atom. The van der Waals surface area contributed by atoms with Gasteiger partial charge in [-0.05, 0) is 108 Å². The van der Waals surface area contributed by atoms with E-state index in [-0.39, 0.29) is 47.6 Å². The molecule has 0 aliphatic rings. The molecule has 66 heavy (non-hydrogen) atoms. The van der Waals surface area contributed by atoms with E-state index >= 15 is 0 Å². The van der Waals surface area contributed by atoms with E-state index in [2.05, 4.69) is 90.2 Å². The Kier molecular flexibility index (Phi) is 39.7. The third-order valence-corrected chi connectivity index (χ3v) is 14.9. The number of aldehydes is 1. The van der Waals surface area contributed by atoms with Gasteiger partial charge in [0.25, 0.3) is 0 Å². The van der Waals surface area contributed by atoms with Crippen molar-refractivity contribution in [3.63, 3.8) is 0 Å². The summed E-state index contributed by atoms with van der Waals surface area (Å²) in [7, 11) is 1.89. The first-order valence-electron chi connectivity index (χ1n) is 22.9. The lowest BCUT2D eigenvalue weighted by Gasteiger charge is -2.31. The number of benzene rings is 3. The zero-order valence-corrected chi connectivity index (χ0v) is 45.8. The van der Waals surface area contributed by atoms with E-state index in [1.807, 2.05) is 115 Å². The largest absolute Gasteiger partial charge is 0.463 e. The number of rotatable bonds is 18. The summed E-state index contributed by atoms with van der Waals surface area (Å²) < 4.78 is 15.2. The zero-order chi connectivity index (χ0) is 50.0. The van der Waals surface area contributed by atoms with Gasteiger partial charge in [-0.1, -0.05) is 159 Å². The molecule has 12 heteroatoms. The number of esters is 3. The molecule has 0 amide bonds. The number of carbonyl (C=O) groups is 4. The third kappa shape index (κ3) is 24.4. The average Bonchev–Trinajstić information content (AvgIpc) is 3.29. The van der Waals surface area contributed by atoms with E-state index in [4.69, 9.17) is 37.4 Å². The Morgan fingerprint density at radius 2 is 0.879 bits per heavy atom. The van der Waals surface area contributed by atoms with Crippen LogP contribution in [-0.4, -0.2) is 67.7 Å². The smallest absolute Gasteiger partial charge is 0.334 e. The molecule has 0 aromatic heterocycles. The normalized spacial score (nSPS) is 12.4. The summed E-state index contributed by atoms with van der Waals surface area (Å²) in [5.41, 5.74) is 1.40. The van der Waals surface area contributed by atoms with Crippen LogP contribution < -0.4 is 21.2 Å². The summed E-state index contributed by atoms with van der Waals surface area (Å²) in [6.45, 7) is 26.8. The number of nitrogens with one attached hydrogen (secondary N) is 1. The van der Waals surface area contributed by atoms with Gasteiger partial charge >= 0.3 is 17.9 Å². The Morgan fingerprint density at radius 1 is 0.561 bits per heavy atom. The van der Waals surface area contributed by atoms with Crippen molar-refractivity contribution < 1.29 is 33.4 Å². The molecule has 0 saturated carbocycles. The van der Waals surface area contributed by atoms with Gasteiger partial charge in [-0.15, -0.1) is 35.6 Å². The predicted octanol–water partition coefficient (Wildman–Crippen LogP) is 12.4. The van der Waals surface area contributed by atoms with Crippen LogP contribution in [0.5, 0.6) is 0 Å². The van der Waals surface area contributed by atoms with Crippen LogP contribution in [0.4, 0.5) is 0 Å². The molecule has 3 aromatic rings. The molecule has 0 bridgehead atoms. The van der Waals surface area contributed by atoms with Crippen LogP contribution >= 0.6 is 42.5 Å². The standard InChI is InChI=1S/C23H23O2P.C12H22O2.C11H21NO2.C7H14O.CH2Cl2.ClH/c1-3-25-23(24)19(2)26(20-13-7-4-8-14-20,21-15-9-5-10-16-21)22-17-11-6-12-18-22;1-6-11(9(3)4)8-10(5)12(13)14-7-2;1-6-14-11(13)9(4)7-10(12-5)8(2)3;1-4-7(5-8)6(2)3;2-1-3;/h4-18H,3H2,1-2H3;8-9,11H,6-7H2,1-5H3;7-8,10,12H,6H2,1-5H3;5-7H,4H2,1-3H3;1H2;1H/b;10-8+;9-7+;;;/t;11-;10-;7-;;/m.111../s1. The molecular formula is C54H83Cl3NO7P. The quantitative estimate of drug-likeness (QED) is 0.0335. The summed E-state index contributed by atoms with van der Waals surface area (Å²) in [5, 5.41) is 7.57. The highest BCUT2D eigenvalue weighted by Gasteiger charge is 2.31. The Balaban J connectivity index is -0.000000852. The minimum atomic E-state index is -2.29. The molecule has 0 fully saturated rings. The zero-order valence-electron chi connectivity index (χ0n) is 42.6. The monoisotopic (exact) mass is 993 g/mol. The van der Waals surface area contributed by atoms with Crippen molar-refractivity contribution in [2.75, 3.05) is 32.2 Å². The number of allylic oxidation sites excluding steroid dienone is 1. The van der Waals surface area contributed by atoms with E-state index in [9.17, 15) is 19.2 Å². The molecule has 0 heterocycles. The molecule has 0 aliphatic heterocycles. The highest BCUT2D eigenvalue weighted by atomic mass is 35.5. The molecule has 0 aliphatic carbocycles. The maximum Gasteiger partial charge on any atom is 0.334 e. The van der Waals surface area contributed by atoms with Crippen molar-refractivity contribution in [2.24, 2.45) is 29.6 Å². The second-order valence-electron chi connectivity index (χ2n) is 16.1. The molecule has 3 atom stereocenters. The Hall–Kier alpha value is -3.65. The minimum Gasteiger partial charge on any atom is -0.463 e. The maximum absolute atomic E-state index is 12.9. The van der Waals surface area contributed by atoms with Crippen molar-refractivity contribution in [2.45, 2.75) is 116 Å². The average molecular weight is 996 g/mol. The number of hydrogen-bond donors (Lipinski definition) is 1. The first-order valence-corrected chi connectivity index (χ1v) is 25.8. The predicted molar refractivity (Wildman–Crippen MR) is 288 cm³/mol. The summed E-state index contributed by atoms with van der Waals surface area (Å²) in [5.74, 6) is 1.65. The highest BCUT2D eigenvalue weighted by molar-refractivity contribution is 7.96. The van der Waals surface area contributed by atoms with Crippen LogP contribution in [0.25, 0.3) is 0 Å². The van der Waals surface area contributed by atoms with Crippen LogP contribution in [0.2, 0.25) is 0 Å². The molecule has 0 radical (unpaired) electrons. The fraction of sp³-hybridized carbons (Fsp3) is 0.500. The Labute approximate surface area is 416 Å². The molecular weight excluding hydrogens is 912 g/mol. The van der Waals surface area contributed by atoms with Gasteiger partial charge in [0, 0.05) is 28.4 Å². The van der Waals surface area contributed by atoms with E-state index in [1.54, 1.807) is 6.92 Å². The van der Waals surface area contributed by atoms with Crippen LogP contribution in [-0.2, 0) is 33.4 Å². The molecule has 3 aromatic carbocycles. The van der Waals surface area contributed by atoms with Crippen LogP contribution in [0.15, 0.2) is 114 Å². The summed E-state index contributed by atoms with van der Waals surface area (Å²) in [6.07, 6.45) is 7.03. The lowest BCUT2D eigenvalue weighted by molar-refractivity contribution is -0.139. The van der Waals surface area contributed by atoms with Gasteiger partial charge in [0.1, 0.15) is 6.29 Å². The first kappa shape index (κ1) is 66.6. The fourth-order valence-corrected chi connectivity index (χ4v) is 10.9. The van der Waals surface area contributed by atoms with Gasteiger partial charge in [-0.3, -0.25) is 0 Å². The maximum atomic E-state index is 12.9. The minimum absolute atomic E-state index is 0. The van der Waals surface area contributed by atoms with Crippen molar-refractivity contribution in [1.82, 2.24) is 5.32 Å². The Bertz CT molecular complexity index is 1720. The van der Waals surface area contributed by atoms with Gasteiger partial charge in [0.2, 0.25) is 0 Å². The fourth-order valence-electron chi connectivity index (χ4n) is 6.69. The lowest BCUT2D eigenvalue weighted by Crippen LogP contribution is -2.33. The topological polar surface area (TPSA) is 108 Å². The SMILES string of the molecule is CCOC(=O)/C(C)=C/[C@@H](CC)C(C)C.CCOC(=O)/C(C)=C/[C@@H](NC)C(C)C.CCOC(=O)C(C)=P(c1ccccc1)(c1ccccc1)c1ccccc1.CC[C@H](C=O)C(C)C.Cl.ClCCl. The van der Waals surface area contributed by atoms with Gasteiger partial charge in [-0.2, -0.15) is 0 Å². The summed E-state index contributed by atoms with van der Waals surface area (Å²) >= 11 is 9.53. The van der Waals surface area contributed by atoms with Crippen LogP contribution in [0.1, 0.15) is 110 Å². The number of carbonyl (C=O) groups excluding carboxylic acids is 4. The second kappa shape index (κ2) is 39.4. The third-order valence-electron chi connectivity index (χ3n) is 10.5. The van der Waals surface area contributed by atoms with E-state index < -0.39 is 6.89 Å². The van der Waals surface area contributed by atoms with Gasteiger partial charge < -0.3 is 24.3 Å². The number of halogens is 3.